The number of aromatic nitrogens is 6. The highest BCUT2D eigenvalue weighted by Crippen LogP contribution is 2.32. The molecule has 0 spiro atoms. The summed E-state index contributed by atoms with van der Waals surface area (Å²) in [5.74, 6) is 1.50. The molecular weight excluding hydrogens is 560 g/mol. The molecular formula is C32H34N8O4. The number of benzene rings is 2. The van der Waals surface area contributed by atoms with Crippen molar-refractivity contribution in [2.75, 3.05) is 32.8 Å². The number of aryl methyl sites for hydroxylation is 1. The predicted octanol–water partition coefficient (Wildman–Crippen LogP) is 4.43. The molecule has 1 saturated heterocycles. The van der Waals surface area contributed by atoms with E-state index in [1.54, 1.807) is 11.0 Å². The Morgan fingerprint density at radius 1 is 1.00 bits per heavy atom. The molecule has 5 aromatic rings. The van der Waals surface area contributed by atoms with Gasteiger partial charge < -0.3 is 24.4 Å². The maximum absolute atomic E-state index is 12.4. The molecule has 2 N–H and O–H groups in total. The number of rotatable bonds is 10. The number of hydrogen-bond acceptors (Lipinski definition) is 10. The van der Waals surface area contributed by atoms with E-state index in [4.69, 9.17) is 24.2 Å². The van der Waals surface area contributed by atoms with Crippen molar-refractivity contribution in [2.24, 2.45) is 0 Å². The molecule has 1 amide bonds. The first-order valence-corrected chi connectivity index (χ1v) is 14.7. The molecule has 4 heterocycles. The third-order valence-corrected chi connectivity index (χ3v) is 7.45. The van der Waals surface area contributed by atoms with E-state index < -0.39 is 0 Å². The molecule has 12 heteroatoms. The topological polar surface area (TPSA) is 140 Å². The standard InChI is InChI=1S/C32H34N8O4/c1-3-24-18-28(44-20-22-9-10-25(23-7-5-4-6-8-23)26(17-22)31-36-38-39-37-31)30-27(34-24)11-12-29(35-30)42-15-16-43-32(41)40-14-13-33-19-21(40)2/h4-12,17-18,21,33H,3,13-16,19-20H2,1-2H3,(H,36,37,38,39). The van der Waals surface area contributed by atoms with Gasteiger partial charge in [-0.3, -0.25) is 4.98 Å². The van der Waals surface area contributed by atoms with Crippen LogP contribution in [0.2, 0.25) is 0 Å². The van der Waals surface area contributed by atoms with Crippen LogP contribution in [0.25, 0.3) is 33.5 Å². The highest BCUT2D eigenvalue weighted by molar-refractivity contribution is 5.82. The van der Waals surface area contributed by atoms with E-state index >= 15 is 0 Å². The van der Waals surface area contributed by atoms with Gasteiger partial charge in [-0.25, -0.2) is 9.78 Å². The number of nitrogens with zero attached hydrogens (tertiary/aromatic N) is 6. The highest BCUT2D eigenvalue weighted by Gasteiger charge is 2.24. The van der Waals surface area contributed by atoms with Crippen LogP contribution in [0, 0.1) is 0 Å². The van der Waals surface area contributed by atoms with Crippen molar-refractivity contribution in [3.63, 3.8) is 0 Å². The lowest BCUT2D eigenvalue weighted by Gasteiger charge is -2.32. The van der Waals surface area contributed by atoms with E-state index in [1.807, 2.05) is 74.5 Å². The zero-order valence-electron chi connectivity index (χ0n) is 24.7. The number of hydrogen-bond donors (Lipinski definition) is 2. The van der Waals surface area contributed by atoms with E-state index in [0.29, 0.717) is 35.0 Å². The molecule has 1 atom stereocenters. The van der Waals surface area contributed by atoms with Gasteiger partial charge in [0.05, 0.1) is 5.52 Å². The smallest absolute Gasteiger partial charge is 0.410 e. The normalized spacial score (nSPS) is 14.9. The van der Waals surface area contributed by atoms with Gasteiger partial charge in [0.15, 0.2) is 0 Å². The summed E-state index contributed by atoms with van der Waals surface area (Å²) in [7, 11) is 0. The fourth-order valence-electron chi connectivity index (χ4n) is 5.13. The molecule has 0 radical (unpaired) electrons. The second kappa shape index (κ2) is 13.5. The second-order valence-electron chi connectivity index (χ2n) is 10.5. The zero-order valence-corrected chi connectivity index (χ0v) is 24.7. The molecule has 1 aliphatic rings. The van der Waals surface area contributed by atoms with Crippen molar-refractivity contribution in [2.45, 2.75) is 32.9 Å². The number of pyridine rings is 2. The predicted molar refractivity (Wildman–Crippen MR) is 164 cm³/mol. The number of carbonyl (C=O) groups is 1. The molecule has 3 aromatic heterocycles. The summed E-state index contributed by atoms with van der Waals surface area (Å²) in [6.45, 7) is 6.75. The summed E-state index contributed by atoms with van der Waals surface area (Å²) in [6.07, 6.45) is 0.412. The van der Waals surface area contributed by atoms with E-state index in [1.165, 1.54) is 0 Å². The molecule has 1 fully saturated rings. The summed E-state index contributed by atoms with van der Waals surface area (Å²) in [5.41, 5.74) is 6.01. The number of amides is 1. The third-order valence-electron chi connectivity index (χ3n) is 7.45. The van der Waals surface area contributed by atoms with E-state index in [9.17, 15) is 4.79 Å². The van der Waals surface area contributed by atoms with Crippen LogP contribution in [-0.4, -0.2) is 80.5 Å². The third kappa shape index (κ3) is 6.60. The Morgan fingerprint density at radius 2 is 1.89 bits per heavy atom. The molecule has 12 nitrogen and oxygen atoms in total. The molecule has 2 aromatic carbocycles. The average molecular weight is 595 g/mol. The molecule has 226 valence electrons. The van der Waals surface area contributed by atoms with Crippen LogP contribution in [0.5, 0.6) is 11.6 Å². The van der Waals surface area contributed by atoms with Crippen LogP contribution in [-0.2, 0) is 17.8 Å². The lowest BCUT2D eigenvalue weighted by molar-refractivity contribution is 0.0699. The van der Waals surface area contributed by atoms with Crippen LogP contribution in [0.4, 0.5) is 4.79 Å². The lowest BCUT2D eigenvalue weighted by atomic mass is 9.97. The van der Waals surface area contributed by atoms with E-state index in [-0.39, 0.29) is 32.0 Å². The molecule has 0 aliphatic carbocycles. The fraction of sp³-hybridized carbons (Fsp3) is 0.312. The summed E-state index contributed by atoms with van der Waals surface area (Å²) < 4.78 is 17.6. The largest absolute Gasteiger partial charge is 0.486 e. The van der Waals surface area contributed by atoms with Gasteiger partial charge in [0.1, 0.15) is 31.1 Å². The van der Waals surface area contributed by atoms with Crippen LogP contribution in [0.15, 0.2) is 66.7 Å². The van der Waals surface area contributed by atoms with Crippen LogP contribution in [0.1, 0.15) is 25.1 Å². The molecule has 0 bridgehead atoms. The van der Waals surface area contributed by atoms with Crippen LogP contribution >= 0.6 is 0 Å². The Morgan fingerprint density at radius 3 is 2.68 bits per heavy atom. The number of tetrazole rings is 1. The molecule has 0 saturated carbocycles. The summed E-state index contributed by atoms with van der Waals surface area (Å²) in [5, 5.41) is 18.0. The molecule has 1 aliphatic heterocycles. The zero-order chi connectivity index (χ0) is 30.3. The van der Waals surface area contributed by atoms with Gasteiger partial charge in [0.25, 0.3) is 0 Å². The number of fused-ring (bicyclic) bond motifs is 1. The Bertz CT molecular complexity index is 1720. The van der Waals surface area contributed by atoms with Crippen LogP contribution < -0.4 is 14.8 Å². The van der Waals surface area contributed by atoms with Gasteiger partial charge in [-0.1, -0.05) is 49.4 Å². The Kier molecular flexibility index (Phi) is 8.87. The van der Waals surface area contributed by atoms with Crippen molar-refractivity contribution in [3.05, 3.63) is 78.0 Å². The summed E-state index contributed by atoms with van der Waals surface area (Å²) >= 11 is 0. The van der Waals surface area contributed by atoms with Gasteiger partial charge in [0.2, 0.25) is 11.7 Å². The van der Waals surface area contributed by atoms with Crippen LogP contribution in [0.3, 0.4) is 0 Å². The van der Waals surface area contributed by atoms with Crippen molar-refractivity contribution < 1.29 is 19.0 Å². The van der Waals surface area contributed by atoms with Gasteiger partial charge in [0, 0.05) is 49.1 Å². The molecule has 1 unspecified atom stereocenters. The maximum atomic E-state index is 12.4. The Hall–Kier alpha value is -5.10. The second-order valence-corrected chi connectivity index (χ2v) is 10.5. The van der Waals surface area contributed by atoms with Crippen molar-refractivity contribution in [1.82, 2.24) is 40.8 Å². The maximum Gasteiger partial charge on any atom is 0.410 e. The number of ether oxygens (including phenoxy) is 3. The van der Waals surface area contributed by atoms with Gasteiger partial charge in [-0.15, -0.1) is 10.2 Å². The first kappa shape index (κ1) is 29.0. The highest BCUT2D eigenvalue weighted by atomic mass is 16.6. The van der Waals surface area contributed by atoms with E-state index in [2.05, 4.69) is 25.9 Å². The van der Waals surface area contributed by atoms with Gasteiger partial charge in [-0.05, 0) is 47.4 Å². The van der Waals surface area contributed by atoms with Gasteiger partial charge in [-0.2, -0.15) is 5.21 Å². The Balaban J connectivity index is 1.17. The van der Waals surface area contributed by atoms with Crippen molar-refractivity contribution in [1.29, 1.82) is 0 Å². The molecule has 6 rings (SSSR count). The number of carbonyl (C=O) groups excluding carboxylic acids is 1. The SMILES string of the molecule is CCc1cc(OCc2ccc(-c3ccccc3)c(-c3nn[nH]n3)c2)c2nc(OCCOC(=O)N3CCNCC3C)ccc2n1. The number of H-pyrrole nitrogens is 1. The number of piperazine rings is 1. The minimum Gasteiger partial charge on any atom is -0.486 e. The minimum absolute atomic E-state index is 0.0885. The first-order valence-electron chi connectivity index (χ1n) is 14.7. The summed E-state index contributed by atoms with van der Waals surface area (Å²) in [6, 6.07) is 21.8. The fourth-order valence-corrected chi connectivity index (χ4v) is 5.13. The van der Waals surface area contributed by atoms with Crippen molar-refractivity contribution >= 4 is 17.1 Å². The molecule has 44 heavy (non-hydrogen) atoms. The minimum atomic E-state index is -0.333. The van der Waals surface area contributed by atoms with Crippen molar-refractivity contribution in [3.8, 4) is 34.1 Å². The van der Waals surface area contributed by atoms with E-state index in [0.717, 1.165) is 47.5 Å². The van der Waals surface area contributed by atoms with Gasteiger partial charge >= 0.3 is 6.09 Å². The number of nitrogens with one attached hydrogen (secondary N) is 2. The lowest BCUT2D eigenvalue weighted by Crippen LogP contribution is -2.52. The number of aromatic amines is 1. The summed E-state index contributed by atoms with van der Waals surface area (Å²) in [4.78, 5) is 23.6. The quantitative estimate of drug-likeness (QED) is 0.223. The average Bonchev–Trinajstić information content (AvgIpc) is 3.61. The monoisotopic (exact) mass is 594 g/mol. The Labute approximate surface area is 254 Å². The first-order chi connectivity index (χ1) is 21.6.